The molecule has 1 N–H and O–H groups in total. The predicted molar refractivity (Wildman–Crippen MR) is 76.6 cm³/mol. The van der Waals surface area contributed by atoms with E-state index in [0.717, 1.165) is 5.56 Å². The highest BCUT2D eigenvalue weighted by atomic mass is 35.5. The molecular formula is C14H12ClFN2O2. The summed E-state index contributed by atoms with van der Waals surface area (Å²) >= 11 is 5.69. The minimum atomic E-state index is -0.530. The van der Waals surface area contributed by atoms with Gasteiger partial charge in [0.1, 0.15) is 0 Å². The average Bonchev–Trinajstić information content (AvgIpc) is 2.41. The van der Waals surface area contributed by atoms with Gasteiger partial charge in [-0.3, -0.25) is 10.1 Å². The van der Waals surface area contributed by atoms with E-state index >= 15 is 0 Å². The first-order valence-corrected chi connectivity index (χ1v) is 6.29. The minimum absolute atomic E-state index is 0.0331. The Hall–Kier alpha value is -2.14. The Balaban J connectivity index is 2.21. The van der Waals surface area contributed by atoms with Crippen molar-refractivity contribution in [2.24, 2.45) is 0 Å². The Morgan fingerprint density at radius 2 is 2.00 bits per heavy atom. The van der Waals surface area contributed by atoms with Crippen LogP contribution in [0.3, 0.4) is 0 Å². The minimum Gasteiger partial charge on any atom is -0.379 e. The van der Waals surface area contributed by atoms with Gasteiger partial charge in [0.15, 0.2) is 5.82 Å². The van der Waals surface area contributed by atoms with Gasteiger partial charge in [-0.25, -0.2) is 4.39 Å². The molecule has 0 fully saturated rings. The van der Waals surface area contributed by atoms with Crippen LogP contribution < -0.4 is 5.32 Å². The normalized spacial score (nSPS) is 10.3. The highest BCUT2D eigenvalue weighted by Crippen LogP contribution is 2.25. The Kier molecular flexibility index (Phi) is 4.20. The maximum atomic E-state index is 13.7. The van der Waals surface area contributed by atoms with E-state index in [1.54, 1.807) is 31.2 Å². The molecule has 0 radical (unpaired) electrons. The van der Waals surface area contributed by atoms with Gasteiger partial charge in [0, 0.05) is 18.2 Å². The van der Waals surface area contributed by atoms with Gasteiger partial charge < -0.3 is 5.32 Å². The molecule has 2 aromatic rings. The summed E-state index contributed by atoms with van der Waals surface area (Å²) in [6, 6.07) is 9.47. The molecule has 0 aliphatic heterocycles. The number of hydrogen-bond acceptors (Lipinski definition) is 3. The largest absolute Gasteiger partial charge is 0.379 e. The second kappa shape index (κ2) is 5.88. The van der Waals surface area contributed by atoms with Crippen LogP contribution in [0.2, 0.25) is 5.02 Å². The summed E-state index contributed by atoms with van der Waals surface area (Å²) < 4.78 is 13.7. The third-order valence-electron chi connectivity index (χ3n) is 3.03. The van der Waals surface area contributed by atoms with Gasteiger partial charge >= 0.3 is 0 Å². The van der Waals surface area contributed by atoms with Crippen LogP contribution in [-0.2, 0) is 6.54 Å². The molecule has 6 heteroatoms. The van der Waals surface area contributed by atoms with Crippen LogP contribution in [-0.4, -0.2) is 4.92 Å². The lowest BCUT2D eigenvalue weighted by atomic mass is 10.1. The Labute approximate surface area is 120 Å². The lowest BCUT2D eigenvalue weighted by molar-refractivity contribution is -0.385. The number of nitro groups is 1. The molecule has 0 unspecified atom stereocenters. The standard InChI is InChI=1S/C14H12ClFN2O2/c1-9-10(4-2-7-13(9)18(19)20)8-17-12-6-3-5-11(15)14(12)16/h2-7,17H,8H2,1H3. The molecule has 0 heterocycles. The molecule has 0 aliphatic carbocycles. The number of rotatable bonds is 4. The smallest absolute Gasteiger partial charge is 0.272 e. The number of halogens is 2. The van der Waals surface area contributed by atoms with Crippen molar-refractivity contribution < 1.29 is 9.31 Å². The zero-order chi connectivity index (χ0) is 14.7. The molecule has 0 saturated carbocycles. The third kappa shape index (κ3) is 2.88. The van der Waals surface area contributed by atoms with Crippen molar-refractivity contribution in [2.75, 3.05) is 5.32 Å². The fraction of sp³-hybridized carbons (Fsp3) is 0.143. The summed E-state index contributed by atoms with van der Waals surface area (Å²) in [5.41, 5.74) is 1.62. The van der Waals surface area contributed by atoms with Crippen LogP contribution in [0.1, 0.15) is 11.1 Å². The summed E-state index contributed by atoms with van der Waals surface area (Å²) in [5, 5.41) is 13.8. The Morgan fingerprint density at radius 1 is 1.30 bits per heavy atom. The lowest BCUT2D eigenvalue weighted by Gasteiger charge is -2.10. The van der Waals surface area contributed by atoms with Gasteiger partial charge in [-0.15, -0.1) is 0 Å². The van der Waals surface area contributed by atoms with E-state index in [0.29, 0.717) is 5.56 Å². The first-order chi connectivity index (χ1) is 9.50. The van der Waals surface area contributed by atoms with Crippen molar-refractivity contribution in [3.05, 3.63) is 68.5 Å². The molecule has 0 aromatic heterocycles. The molecule has 0 aliphatic rings. The topological polar surface area (TPSA) is 55.2 Å². The number of benzene rings is 2. The second-order valence-electron chi connectivity index (χ2n) is 4.27. The van der Waals surface area contributed by atoms with E-state index in [9.17, 15) is 14.5 Å². The number of anilines is 1. The quantitative estimate of drug-likeness (QED) is 0.675. The second-order valence-corrected chi connectivity index (χ2v) is 4.68. The first kappa shape index (κ1) is 14.3. The zero-order valence-electron chi connectivity index (χ0n) is 10.7. The molecule has 4 nitrogen and oxygen atoms in total. The molecular weight excluding hydrogens is 283 g/mol. The molecule has 0 bridgehead atoms. The highest BCUT2D eigenvalue weighted by molar-refractivity contribution is 6.31. The third-order valence-corrected chi connectivity index (χ3v) is 3.33. The van der Waals surface area contributed by atoms with Crippen LogP contribution >= 0.6 is 11.6 Å². The number of hydrogen-bond donors (Lipinski definition) is 1. The predicted octanol–water partition coefficient (Wildman–Crippen LogP) is 4.31. The summed E-state index contributed by atoms with van der Waals surface area (Å²) in [5.74, 6) is -0.530. The van der Waals surface area contributed by atoms with E-state index in [4.69, 9.17) is 11.6 Å². The van der Waals surface area contributed by atoms with Crippen LogP contribution in [0.15, 0.2) is 36.4 Å². The number of nitro benzene ring substituents is 1. The first-order valence-electron chi connectivity index (χ1n) is 5.91. The molecule has 2 rings (SSSR count). The van der Waals surface area contributed by atoms with Crippen molar-refractivity contribution >= 4 is 23.0 Å². The molecule has 0 saturated heterocycles. The molecule has 0 atom stereocenters. The van der Waals surface area contributed by atoms with Gasteiger partial charge in [0.2, 0.25) is 0 Å². The summed E-state index contributed by atoms with van der Waals surface area (Å²) in [6.07, 6.45) is 0. The molecule has 0 amide bonds. The zero-order valence-corrected chi connectivity index (χ0v) is 11.4. The summed E-state index contributed by atoms with van der Waals surface area (Å²) in [7, 11) is 0. The van der Waals surface area contributed by atoms with E-state index in [1.165, 1.54) is 12.1 Å². The SMILES string of the molecule is Cc1c(CNc2cccc(Cl)c2F)cccc1[N+](=O)[O-]. The fourth-order valence-electron chi connectivity index (χ4n) is 1.89. The van der Waals surface area contributed by atoms with Crippen LogP contribution in [0.25, 0.3) is 0 Å². The van der Waals surface area contributed by atoms with Crippen molar-refractivity contribution in [3.8, 4) is 0 Å². The van der Waals surface area contributed by atoms with Crippen LogP contribution in [0, 0.1) is 22.9 Å². The summed E-state index contributed by atoms with van der Waals surface area (Å²) in [6.45, 7) is 1.95. The number of nitrogens with one attached hydrogen (secondary N) is 1. The van der Waals surface area contributed by atoms with Crippen molar-refractivity contribution in [1.29, 1.82) is 0 Å². The summed E-state index contributed by atoms with van der Waals surface area (Å²) in [4.78, 5) is 10.4. The van der Waals surface area contributed by atoms with Crippen molar-refractivity contribution in [2.45, 2.75) is 13.5 Å². The van der Waals surface area contributed by atoms with Gasteiger partial charge in [-0.2, -0.15) is 0 Å². The molecule has 104 valence electrons. The molecule has 2 aromatic carbocycles. The van der Waals surface area contributed by atoms with Gasteiger partial charge in [0.05, 0.1) is 15.6 Å². The van der Waals surface area contributed by atoms with Gasteiger partial charge in [-0.1, -0.05) is 29.8 Å². The maximum absolute atomic E-state index is 13.7. The van der Waals surface area contributed by atoms with E-state index < -0.39 is 10.7 Å². The Morgan fingerprint density at radius 3 is 2.70 bits per heavy atom. The van der Waals surface area contributed by atoms with Crippen molar-refractivity contribution in [3.63, 3.8) is 0 Å². The maximum Gasteiger partial charge on any atom is 0.272 e. The molecule has 20 heavy (non-hydrogen) atoms. The monoisotopic (exact) mass is 294 g/mol. The van der Waals surface area contributed by atoms with Gasteiger partial charge in [0.25, 0.3) is 5.69 Å². The van der Waals surface area contributed by atoms with Crippen LogP contribution in [0.5, 0.6) is 0 Å². The average molecular weight is 295 g/mol. The van der Waals surface area contributed by atoms with E-state index in [1.807, 2.05) is 0 Å². The van der Waals surface area contributed by atoms with E-state index in [2.05, 4.69) is 5.32 Å². The Bertz CT molecular complexity index is 662. The highest BCUT2D eigenvalue weighted by Gasteiger charge is 2.13. The van der Waals surface area contributed by atoms with Crippen molar-refractivity contribution in [1.82, 2.24) is 0 Å². The van der Waals surface area contributed by atoms with Crippen LogP contribution in [0.4, 0.5) is 15.8 Å². The van der Waals surface area contributed by atoms with E-state index in [-0.39, 0.29) is 22.9 Å². The molecule has 0 spiro atoms. The van der Waals surface area contributed by atoms with Gasteiger partial charge in [-0.05, 0) is 24.6 Å². The fourth-order valence-corrected chi connectivity index (χ4v) is 2.06. The number of nitrogens with zero attached hydrogens (tertiary/aromatic N) is 1. The lowest BCUT2D eigenvalue weighted by Crippen LogP contribution is -2.04.